The van der Waals surface area contributed by atoms with Crippen LogP contribution < -0.4 is 21.3 Å². The van der Waals surface area contributed by atoms with E-state index in [0.29, 0.717) is 31.5 Å². The minimum absolute atomic E-state index is 0.117. The molecule has 0 unspecified atom stereocenters. The van der Waals surface area contributed by atoms with Crippen LogP contribution in [0.25, 0.3) is 0 Å². The largest absolute Gasteiger partial charge is 0.391 e. The summed E-state index contributed by atoms with van der Waals surface area (Å²) in [5.74, 6) is -1.96. The average molecular weight is 498 g/mol. The molecule has 1 aromatic carbocycles. The molecule has 2 aliphatic rings. The van der Waals surface area contributed by atoms with E-state index >= 15 is 0 Å². The summed E-state index contributed by atoms with van der Waals surface area (Å²) in [4.78, 5) is 51.7. The molecule has 1 spiro atoms. The van der Waals surface area contributed by atoms with E-state index in [2.05, 4.69) is 31.6 Å². The highest BCUT2D eigenvalue weighted by Gasteiger charge is 2.52. The number of nitrogens with one attached hydrogen (secondary N) is 4. The summed E-state index contributed by atoms with van der Waals surface area (Å²) < 4.78 is 1.57. The van der Waals surface area contributed by atoms with E-state index in [1.807, 2.05) is 30.3 Å². The van der Waals surface area contributed by atoms with Gasteiger partial charge in [0, 0.05) is 32.0 Å². The van der Waals surface area contributed by atoms with E-state index in [1.165, 1.54) is 6.92 Å². The molecule has 3 atom stereocenters. The molecule has 4 rings (SSSR count). The van der Waals surface area contributed by atoms with Crippen LogP contribution >= 0.6 is 0 Å². The van der Waals surface area contributed by atoms with Crippen LogP contribution in [0.1, 0.15) is 37.4 Å². The number of hydrogen-bond donors (Lipinski definition) is 5. The molecule has 1 fully saturated rings. The predicted octanol–water partition coefficient (Wildman–Crippen LogP) is -1.42. The zero-order chi connectivity index (χ0) is 25.7. The average Bonchev–Trinajstić information content (AvgIpc) is 3.49. The van der Waals surface area contributed by atoms with Crippen molar-refractivity contribution < 1.29 is 24.3 Å². The van der Waals surface area contributed by atoms with Gasteiger partial charge in [0.05, 0.1) is 18.3 Å². The highest BCUT2D eigenvalue weighted by atomic mass is 16.3. The number of rotatable bonds is 3. The molecule has 0 saturated heterocycles. The molecule has 2 bridgehead atoms. The molecule has 4 amide bonds. The van der Waals surface area contributed by atoms with Crippen molar-refractivity contribution in [2.45, 2.75) is 69.3 Å². The van der Waals surface area contributed by atoms with Crippen molar-refractivity contribution in [3.63, 3.8) is 0 Å². The maximum atomic E-state index is 13.1. The van der Waals surface area contributed by atoms with E-state index in [1.54, 1.807) is 10.9 Å². The molecule has 5 N–H and O–H groups in total. The predicted molar refractivity (Wildman–Crippen MR) is 127 cm³/mol. The summed E-state index contributed by atoms with van der Waals surface area (Å²) in [5, 5.41) is 29.2. The lowest BCUT2D eigenvalue weighted by Crippen LogP contribution is -2.60. The first-order valence-corrected chi connectivity index (χ1v) is 12.1. The van der Waals surface area contributed by atoms with Gasteiger partial charge >= 0.3 is 0 Å². The van der Waals surface area contributed by atoms with E-state index in [-0.39, 0.29) is 25.3 Å². The molecule has 2 aromatic rings. The van der Waals surface area contributed by atoms with Crippen LogP contribution in [0.15, 0.2) is 36.5 Å². The number of aliphatic hydroxyl groups is 1. The molecule has 2 heterocycles. The van der Waals surface area contributed by atoms with Crippen LogP contribution in [0, 0.1) is 0 Å². The van der Waals surface area contributed by atoms with Crippen LogP contribution in [0.2, 0.25) is 0 Å². The Bertz CT molecular complexity index is 1110. The Balaban J connectivity index is 1.57. The lowest BCUT2D eigenvalue weighted by atomic mass is 10.0. The maximum absolute atomic E-state index is 13.1. The fraction of sp³-hybridized carbons (Fsp3) is 0.500. The van der Waals surface area contributed by atoms with Gasteiger partial charge in [-0.05, 0) is 25.3 Å². The Hall–Kier alpha value is -3.80. The SMILES string of the molecule is C[C@@H](O)[C@@H]1NC(=O)C2(CC2)NC(=O)CCc2cn(nn2)CCNC(=O)[C@H](Cc2ccccc2)NC1=O. The van der Waals surface area contributed by atoms with Gasteiger partial charge in [-0.1, -0.05) is 35.5 Å². The van der Waals surface area contributed by atoms with Gasteiger partial charge in [-0.15, -0.1) is 5.10 Å². The minimum Gasteiger partial charge on any atom is -0.391 e. The summed E-state index contributed by atoms with van der Waals surface area (Å²) in [6, 6.07) is 6.95. The zero-order valence-corrected chi connectivity index (χ0v) is 20.1. The number of nitrogens with zero attached hydrogens (tertiary/aromatic N) is 3. The van der Waals surface area contributed by atoms with Gasteiger partial charge in [-0.3, -0.25) is 23.9 Å². The van der Waals surface area contributed by atoms with Crippen molar-refractivity contribution in [1.29, 1.82) is 0 Å². The molecule has 1 aliphatic carbocycles. The number of hydrogen-bond acceptors (Lipinski definition) is 7. The normalized spacial score (nSPS) is 23.9. The van der Waals surface area contributed by atoms with Crippen LogP contribution in [0.3, 0.4) is 0 Å². The number of amides is 4. The Morgan fingerprint density at radius 2 is 1.83 bits per heavy atom. The van der Waals surface area contributed by atoms with Crippen molar-refractivity contribution in [2.24, 2.45) is 0 Å². The first-order chi connectivity index (χ1) is 17.3. The molecule has 1 saturated carbocycles. The first kappa shape index (κ1) is 25.3. The highest BCUT2D eigenvalue weighted by molar-refractivity contribution is 5.98. The van der Waals surface area contributed by atoms with Crippen LogP contribution in [-0.4, -0.2) is 74.0 Å². The standard InChI is InChI=1S/C24H31N7O5/c1-15(32)20-22(35)26-18(13-16-5-3-2-4-6-16)21(34)25-11-12-31-14-17(29-30-31)7-8-19(33)28-24(9-10-24)23(36)27-20/h2-6,14-15,18,20,32H,7-13H2,1H3,(H,25,34)(H,26,35)(H,27,36)(H,28,33)/t15-,18+,20+/m1/s1. The smallest absolute Gasteiger partial charge is 0.246 e. The summed E-state index contributed by atoms with van der Waals surface area (Å²) in [5.41, 5.74) is 0.336. The summed E-state index contributed by atoms with van der Waals surface area (Å²) >= 11 is 0. The van der Waals surface area contributed by atoms with Crippen molar-refractivity contribution in [1.82, 2.24) is 36.3 Å². The van der Waals surface area contributed by atoms with Crippen LogP contribution in [0.5, 0.6) is 0 Å². The van der Waals surface area contributed by atoms with Gasteiger partial charge in [-0.25, -0.2) is 0 Å². The lowest BCUT2D eigenvalue weighted by molar-refractivity contribution is -0.136. The number of carbonyl (C=O) groups excluding carboxylic acids is 4. The molecule has 192 valence electrons. The number of aromatic nitrogens is 3. The second-order valence-corrected chi connectivity index (χ2v) is 9.34. The number of benzene rings is 1. The third-order valence-electron chi connectivity index (χ3n) is 6.36. The van der Waals surface area contributed by atoms with Gasteiger partial charge in [0.1, 0.15) is 17.6 Å². The summed E-state index contributed by atoms with van der Waals surface area (Å²) in [7, 11) is 0. The Morgan fingerprint density at radius 3 is 2.53 bits per heavy atom. The van der Waals surface area contributed by atoms with E-state index in [9.17, 15) is 24.3 Å². The van der Waals surface area contributed by atoms with E-state index < -0.39 is 41.4 Å². The van der Waals surface area contributed by atoms with Crippen molar-refractivity contribution in [3.8, 4) is 0 Å². The molecule has 0 radical (unpaired) electrons. The van der Waals surface area contributed by atoms with Gasteiger partial charge in [0.15, 0.2) is 0 Å². The van der Waals surface area contributed by atoms with Gasteiger partial charge in [-0.2, -0.15) is 0 Å². The maximum Gasteiger partial charge on any atom is 0.246 e. The number of carbonyl (C=O) groups is 4. The lowest BCUT2D eigenvalue weighted by Gasteiger charge is -2.27. The molecule has 12 heteroatoms. The quantitative estimate of drug-likeness (QED) is 0.347. The Kier molecular flexibility index (Phi) is 7.63. The second-order valence-electron chi connectivity index (χ2n) is 9.34. The Labute approximate surface area is 208 Å². The minimum atomic E-state index is -1.30. The molecular weight excluding hydrogens is 466 g/mol. The third-order valence-corrected chi connectivity index (χ3v) is 6.36. The van der Waals surface area contributed by atoms with Crippen LogP contribution in [-0.2, 0) is 38.6 Å². The number of aliphatic hydroxyl groups excluding tert-OH is 1. The van der Waals surface area contributed by atoms with Crippen molar-refractivity contribution in [2.75, 3.05) is 6.54 Å². The molecule has 12 nitrogen and oxygen atoms in total. The topological polar surface area (TPSA) is 167 Å². The number of aryl methyl sites for hydroxylation is 1. The van der Waals surface area contributed by atoms with Gasteiger partial charge in [0.2, 0.25) is 23.6 Å². The van der Waals surface area contributed by atoms with E-state index in [0.717, 1.165) is 5.56 Å². The summed E-state index contributed by atoms with van der Waals surface area (Å²) in [6.07, 6.45) is 2.00. The van der Waals surface area contributed by atoms with Gasteiger partial charge < -0.3 is 26.4 Å². The highest BCUT2D eigenvalue weighted by Crippen LogP contribution is 2.36. The van der Waals surface area contributed by atoms with Gasteiger partial charge in [0.25, 0.3) is 0 Å². The molecule has 36 heavy (non-hydrogen) atoms. The summed E-state index contributed by atoms with van der Waals surface area (Å²) in [6.45, 7) is 1.97. The zero-order valence-electron chi connectivity index (χ0n) is 20.1. The molecular formula is C24H31N7O5. The second kappa shape index (κ2) is 10.9. The molecule has 1 aromatic heterocycles. The van der Waals surface area contributed by atoms with E-state index in [4.69, 9.17) is 0 Å². The fourth-order valence-electron chi connectivity index (χ4n) is 4.09. The van der Waals surface area contributed by atoms with Crippen molar-refractivity contribution in [3.05, 3.63) is 47.8 Å². The third kappa shape index (κ3) is 6.25. The molecule has 1 aliphatic heterocycles. The monoisotopic (exact) mass is 497 g/mol. The fourth-order valence-corrected chi connectivity index (χ4v) is 4.09. The van der Waals surface area contributed by atoms with Crippen LogP contribution in [0.4, 0.5) is 0 Å². The first-order valence-electron chi connectivity index (χ1n) is 12.1. The Morgan fingerprint density at radius 1 is 1.08 bits per heavy atom. The number of fused-ring (bicyclic) bond motifs is 2. The van der Waals surface area contributed by atoms with Crippen molar-refractivity contribution >= 4 is 23.6 Å².